The molecule has 31 heavy (non-hydrogen) atoms. The summed E-state index contributed by atoms with van der Waals surface area (Å²) >= 11 is 0. The van der Waals surface area contributed by atoms with E-state index in [2.05, 4.69) is 44.5 Å². The molecule has 2 N–H and O–H groups in total. The van der Waals surface area contributed by atoms with Gasteiger partial charge in [0.05, 0.1) is 12.0 Å². The number of anilines is 1. The van der Waals surface area contributed by atoms with Crippen LogP contribution in [-0.2, 0) is 11.3 Å². The first-order chi connectivity index (χ1) is 15.1. The summed E-state index contributed by atoms with van der Waals surface area (Å²) in [6.07, 6.45) is 3.12. The lowest BCUT2D eigenvalue weighted by Crippen LogP contribution is -2.21. The third-order valence-electron chi connectivity index (χ3n) is 5.06. The number of hydrogen-bond donors (Lipinski definition) is 2. The van der Waals surface area contributed by atoms with Gasteiger partial charge in [-0.3, -0.25) is 14.6 Å². The van der Waals surface area contributed by atoms with Crippen molar-refractivity contribution in [3.8, 4) is 0 Å². The van der Waals surface area contributed by atoms with Gasteiger partial charge in [-0.2, -0.15) is 5.10 Å². The van der Waals surface area contributed by atoms with E-state index < -0.39 is 0 Å². The highest BCUT2D eigenvalue weighted by Gasteiger charge is 2.11. The zero-order valence-corrected chi connectivity index (χ0v) is 17.4. The summed E-state index contributed by atoms with van der Waals surface area (Å²) in [6, 6.07) is 17.5. The average molecular weight is 413 g/mol. The Kier molecular flexibility index (Phi) is 5.75. The van der Waals surface area contributed by atoms with E-state index in [1.807, 2.05) is 30.3 Å². The van der Waals surface area contributed by atoms with Crippen molar-refractivity contribution in [1.29, 1.82) is 0 Å². The number of carbonyl (C=O) groups is 2. The smallest absolute Gasteiger partial charge is 0.272 e. The van der Waals surface area contributed by atoms with Gasteiger partial charge in [0.25, 0.3) is 5.91 Å². The highest BCUT2D eigenvalue weighted by atomic mass is 16.2. The van der Waals surface area contributed by atoms with Gasteiger partial charge >= 0.3 is 0 Å². The fraction of sp³-hybridized carbons (Fsp3) is 0.167. The lowest BCUT2D eigenvalue weighted by molar-refractivity contribution is -0.115. The van der Waals surface area contributed by atoms with Gasteiger partial charge in [-0.25, -0.2) is 5.43 Å². The van der Waals surface area contributed by atoms with Gasteiger partial charge in [0.15, 0.2) is 0 Å². The first-order valence-electron chi connectivity index (χ1n) is 10.1. The second-order valence-electron chi connectivity index (χ2n) is 7.25. The summed E-state index contributed by atoms with van der Waals surface area (Å²) in [7, 11) is 0. The van der Waals surface area contributed by atoms with Gasteiger partial charge in [0, 0.05) is 52.1 Å². The number of pyridine rings is 1. The summed E-state index contributed by atoms with van der Waals surface area (Å²) < 4.78 is 2.26. The number of fused-ring (bicyclic) bond motifs is 3. The van der Waals surface area contributed by atoms with Crippen LogP contribution in [0.3, 0.4) is 0 Å². The molecule has 2 aromatic carbocycles. The number of para-hydroxylation sites is 1. The van der Waals surface area contributed by atoms with Crippen LogP contribution in [0, 0.1) is 0 Å². The number of rotatable bonds is 6. The molecule has 0 unspecified atom stereocenters. The van der Waals surface area contributed by atoms with E-state index in [-0.39, 0.29) is 18.2 Å². The van der Waals surface area contributed by atoms with Crippen molar-refractivity contribution in [2.75, 3.05) is 5.32 Å². The number of aryl methyl sites for hydroxylation is 1. The second-order valence-corrected chi connectivity index (χ2v) is 7.25. The molecule has 0 radical (unpaired) electrons. The van der Waals surface area contributed by atoms with Crippen molar-refractivity contribution >= 4 is 45.0 Å². The first-order valence-corrected chi connectivity index (χ1v) is 10.1. The Balaban J connectivity index is 1.46. The molecule has 0 saturated carbocycles. The maximum Gasteiger partial charge on any atom is 0.272 e. The van der Waals surface area contributed by atoms with Crippen molar-refractivity contribution in [2.45, 2.75) is 26.8 Å². The van der Waals surface area contributed by atoms with Crippen LogP contribution in [0.4, 0.5) is 5.69 Å². The lowest BCUT2D eigenvalue weighted by atomic mass is 10.1. The molecule has 4 rings (SSSR count). The molecule has 0 atom stereocenters. The second kappa shape index (κ2) is 8.79. The number of hydrogen-bond acceptors (Lipinski definition) is 4. The van der Waals surface area contributed by atoms with Crippen LogP contribution in [0.5, 0.6) is 0 Å². The van der Waals surface area contributed by atoms with Gasteiger partial charge in [-0.1, -0.05) is 18.2 Å². The summed E-state index contributed by atoms with van der Waals surface area (Å²) in [5.74, 6) is -0.568. The molecule has 0 aliphatic carbocycles. The largest absolute Gasteiger partial charge is 0.341 e. The van der Waals surface area contributed by atoms with Crippen LogP contribution in [0.2, 0.25) is 0 Å². The predicted molar refractivity (Wildman–Crippen MR) is 123 cm³/mol. The van der Waals surface area contributed by atoms with Crippen LogP contribution in [0.15, 0.2) is 72.1 Å². The van der Waals surface area contributed by atoms with Crippen LogP contribution in [-0.4, -0.2) is 27.1 Å². The van der Waals surface area contributed by atoms with E-state index >= 15 is 0 Å². The number of nitrogens with zero attached hydrogens (tertiary/aromatic N) is 3. The van der Waals surface area contributed by atoms with Crippen molar-refractivity contribution in [3.05, 3.63) is 72.6 Å². The normalized spacial score (nSPS) is 11.6. The molecule has 0 fully saturated rings. The third-order valence-corrected chi connectivity index (χ3v) is 5.06. The zero-order chi connectivity index (χ0) is 21.8. The highest BCUT2D eigenvalue weighted by Crippen LogP contribution is 2.30. The fourth-order valence-electron chi connectivity index (χ4n) is 3.66. The molecule has 7 nitrogen and oxygen atoms in total. The van der Waals surface area contributed by atoms with Gasteiger partial charge in [0.1, 0.15) is 0 Å². The summed E-state index contributed by atoms with van der Waals surface area (Å²) in [5.41, 5.74) is 6.39. The van der Waals surface area contributed by atoms with E-state index in [0.717, 1.165) is 28.5 Å². The molecule has 2 aromatic heterocycles. The number of benzene rings is 2. The SMILES string of the molecule is CCn1c2ccccc2c2cc(NC(=O)C/C(C)=N\NC(=O)c3cccnc3)ccc21. The summed E-state index contributed by atoms with van der Waals surface area (Å²) in [6.45, 7) is 4.69. The van der Waals surface area contributed by atoms with E-state index in [1.54, 1.807) is 25.3 Å². The Bertz CT molecular complexity index is 1290. The Labute approximate surface area is 179 Å². The number of hydrazone groups is 1. The molecule has 0 aliphatic rings. The molecule has 0 spiro atoms. The molecule has 0 saturated heterocycles. The molecule has 4 aromatic rings. The Morgan fingerprint density at radius 2 is 1.84 bits per heavy atom. The molecule has 7 heteroatoms. The standard InChI is InChI=1S/C24H23N5O2/c1-3-29-21-9-5-4-8-19(21)20-14-18(10-11-22(20)29)26-23(30)13-16(2)27-28-24(31)17-7-6-12-25-15-17/h4-12,14-15H,3,13H2,1-2H3,(H,26,30)(H,28,31)/b27-16-. The van der Waals surface area contributed by atoms with E-state index in [4.69, 9.17) is 0 Å². The topological polar surface area (TPSA) is 88.4 Å². The maximum absolute atomic E-state index is 12.5. The molecule has 156 valence electrons. The van der Waals surface area contributed by atoms with Crippen molar-refractivity contribution in [2.24, 2.45) is 5.10 Å². The van der Waals surface area contributed by atoms with Crippen LogP contribution in [0.25, 0.3) is 21.8 Å². The van der Waals surface area contributed by atoms with Crippen molar-refractivity contribution in [1.82, 2.24) is 15.0 Å². The Hall–Kier alpha value is -4.00. The monoisotopic (exact) mass is 413 g/mol. The molecular formula is C24H23N5O2. The van der Waals surface area contributed by atoms with Crippen molar-refractivity contribution < 1.29 is 9.59 Å². The van der Waals surface area contributed by atoms with Crippen LogP contribution in [0.1, 0.15) is 30.6 Å². The molecule has 0 bridgehead atoms. The molecular weight excluding hydrogens is 390 g/mol. The van der Waals surface area contributed by atoms with E-state index in [0.29, 0.717) is 11.3 Å². The van der Waals surface area contributed by atoms with Crippen LogP contribution < -0.4 is 10.7 Å². The van der Waals surface area contributed by atoms with Crippen LogP contribution >= 0.6 is 0 Å². The quantitative estimate of drug-likeness (QED) is 0.364. The number of nitrogens with one attached hydrogen (secondary N) is 2. The minimum absolute atomic E-state index is 0.0715. The summed E-state index contributed by atoms with van der Waals surface area (Å²) in [4.78, 5) is 28.4. The minimum Gasteiger partial charge on any atom is -0.341 e. The predicted octanol–water partition coefficient (Wildman–Crippen LogP) is 4.34. The maximum atomic E-state index is 12.5. The first kappa shape index (κ1) is 20.3. The Morgan fingerprint density at radius 1 is 1.03 bits per heavy atom. The molecule has 2 amide bonds. The molecule has 0 aliphatic heterocycles. The Morgan fingerprint density at radius 3 is 2.61 bits per heavy atom. The highest BCUT2D eigenvalue weighted by molar-refractivity contribution is 6.11. The van der Waals surface area contributed by atoms with Crippen molar-refractivity contribution in [3.63, 3.8) is 0 Å². The third kappa shape index (κ3) is 4.30. The van der Waals surface area contributed by atoms with Gasteiger partial charge in [0.2, 0.25) is 5.91 Å². The van der Waals surface area contributed by atoms with E-state index in [9.17, 15) is 9.59 Å². The van der Waals surface area contributed by atoms with E-state index in [1.165, 1.54) is 11.7 Å². The minimum atomic E-state index is -0.370. The summed E-state index contributed by atoms with van der Waals surface area (Å²) in [5, 5.41) is 9.20. The fourth-order valence-corrected chi connectivity index (χ4v) is 3.66. The molecule has 2 heterocycles. The zero-order valence-electron chi connectivity index (χ0n) is 17.4. The average Bonchev–Trinajstić information content (AvgIpc) is 3.11. The van der Waals surface area contributed by atoms with Gasteiger partial charge in [-0.05, 0) is 50.2 Å². The van der Waals surface area contributed by atoms with Gasteiger partial charge < -0.3 is 9.88 Å². The lowest BCUT2D eigenvalue weighted by Gasteiger charge is -2.07. The number of amides is 2. The number of carbonyl (C=O) groups excluding carboxylic acids is 2. The van der Waals surface area contributed by atoms with Gasteiger partial charge in [-0.15, -0.1) is 0 Å². The number of aromatic nitrogens is 2.